The van der Waals surface area contributed by atoms with E-state index >= 15 is 0 Å². The Morgan fingerprint density at radius 3 is 2.84 bits per heavy atom. The zero-order valence-corrected chi connectivity index (χ0v) is 10.8. The molecule has 0 aliphatic heterocycles. The molecule has 0 saturated carbocycles. The van der Waals surface area contributed by atoms with E-state index in [2.05, 4.69) is 10.2 Å². The summed E-state index contributed by atoms with van der Waals surface area (Å²) in [6.07, 6.45) is 1.40. The van der Waals surface area contributed by atoms with E-state index in [1.54, 1.807) is 23.1 Å². The number of nitrogen functional groups attached to an aromatic ring is 1. The zero-order valence-electron chi connectivity index (χ0n) is 10.8. The number of aromatic hydroxyl groups is 1. The van der Waals surface area contributed by atoms with Gasteiger partial charge in [-0.15, -0.1) is 0 Å². The summed E-state index contributed by atoms with van der Waals surface area (Å²) in [5.41, 5.74) is 7.80. The van der Waals surface area contributed by atoms with Gasteiger partial charge in [-0.2, -0.15) is 5.10 Å². The summed E-state index contributed by atoms with van der Waals surface area (Å²) >= 11 is 0. The van der Waals surface area contributed by atoms with Gasteiger partial charge in [0, 0.05) is 12.6 Å². The molecule has 19 heavy (non-hydrogen) atoms. The van der Waals surface area contributed by atoms with Crippen LogP contribution in [0.4, 0.5) is 11.4 Å². The van der Waals surface area contributed by atoms with E-state index in [1.165, 1.54) is 6.20 Å². The standard InChI is InChI=1S/C13H16N4O2/c1-3-17(11-6-9(18)5-4-8(11)2)13(19)12-10(14)7-15-16-12/h4-7,18H,3,14H2,1-2H3,(H,15,16). The molecular formula is C13H16N4O2. The molecule has 0 aliphatic carbocycles. The first-order chi connectivity index (χ1) is 9.04. The number of carbonyl (C=O) groups is 1. The number of carbonyl (C=O) groups excluding carboxylic acids is 1. The number of aromatic amines is 1. The monoisotopic (exact) mass is 260 g/mol. The number of amides is 1. The van der Waals surface area contributed by atoms with E-state index < -0.39 is 0 Å². The maximum atomic E-state index is 12.4. The van der Waals surface area contributed by atoms with Crippen molar-refractivity contribution in [2.24, 2.45) is 0 Å². The first kappa shape index (κ1) is 12.9. The highest BCUT2D eigenvalue weighted by Gasteiger charge is 2.21. The lowest BCUT2D eigenvalue weighted by Gasteiger charge is -2.22. The first-order valence-corrected chi connectivity index (χ1v) is 5.95. The van der Waals surface area contributed by atoms with Crippen LogP contribution in [0, 0.1) is 6.92 Å². The number of hydrogen-bond donors (Lipinski definition) is 3. The minimum atomic E-state index is -0.272. The highest BCUT2D eigenvalue weighted by atomic mass is 16.3. The molecule has 0 spiro atoms. The summed E-state index contributed by atoms with van der Waals surface area (Å²) in [4.78, 5) is 14.0. The second kappa shape index (κ2) is 5.01. The number of rotatable bonds is 3. The molecule has 1 aromatic heterocycles. The maximum Gasteiger partial charge on any atom is 0.278 e. The number of aryl methyl sites for hydroxylation is 1. The quantitative estimate of drug-likeness (QED) is 0.782. The van der Waals surface area contributed by atoms with Gasteiger partial charge >= 0.3 is 0 Å². The number of phenols is 1. The highest BCUT2D eigenvalue weighted by molar-refractivity contribution is 6.08. The fourth-order valence-corrected chi connectivity index (χ4v) is 1.91. The number of nitrogens with two attached hydrogens (primary N) is 1. The van der Waals surface area contributed by atoms with E-state index in [-0.39, 0.29) is 17.4 Å². The molecule has 6 heteroatoms. The van der Waals surface area contributed by atoms with Crippen LogP contribution in [-0.4, -0.2) is 27.8 Å². The van der Waals surface area contributed by atoms with E-state index in [1.807, 2.05) is 13.8 Å². The van der Waals surface area contributed by atoms with Gasteiger partial charge in [-0.25, -0.2) is 0 Å². The largest absolute Gasteiger partial charge is 0.508 e. The van der Waals surface area contributed by atoms with Crippen LogP contribution in [0.5, 0.6) is 5.75 Å². The van der Waals surface area contributed by atoms with Gasteiger partial charge in [-0.05, 0) is 25.5 Å². The minimum Gasteiger partial charge on any atom is -0.508 e. The molecule has 0 radical (unpaired) electrons. The lowest BCUT2D eigenvalue weighted by Crippen LogP contribution is -2.32. The van der Waals surface area contributed by atoms with Crippen LogP contribution in [0.15, 0.2) is 24.4 Å². The molecule has 100 valence electrons. The first-order valence-electron chi connectivity index (χ1n) is 5.95. The number of phenolic OH excluding ortho intramolecular Hbond substituents is 1. The number of hydrogen-bond acceptors (Lipinski definition) is 4. The summed E-state index contributed by atoms with van der Waals surface area (Å²) in [6.45, 7) is 4.19. The van der Waals surface area contributed by atoms with Gasteiger partial charge in [0.15, 0.2) is 0 Å². The van der Waals surface area contributed by atoms with E-state index in [0.29, 0.717) is 17.9 Å². The number of benzene rings is 1. The SMILES string of the molecule is CCN(C(=O)c1[nH]ncc1N)c1cc(O)ccc1C. The number of H-pyrrole nitrogens is 1. The Kier molecular flexibility index (Phi) is 3.41. The normalized spacial score (nSPS) is 10.4. The highest BCUT2D eigenvalue weighted by Crippen LogP contribution is 2.26. The Morgan fingerprint density at radius 1 is 1.53 bits per heavy atom. The molecule has 2 rings (SSSR count). The lowest BCUT2D eigenvalue weighted by molar-refractivity contribution is 0.0984. The Hall–Kier alpha value is -2.50. The molecule has 0 unspecified atom stereocenters. The summed E-state index contributed by atoms with van der Waals surface area (Å²) in [7, 11) is 0. The Labute approximate surface area is 110 Å². The number of aromatic nitrogens is 2. The zero-order chi connectivity index (χ0) is 14.0. The van der Waals surface area contributed by atoms with E-state index in [0.717, 1.165) is 5.56 Å². The van der Waals surface area contributed by atoms with Gasteiger partial charge in [0.25, 0.3) is 5.91 Å². The van der Waals surface area contributed by atoms with Crippen LogP contribution in [-0.2, 0) is 0 Å². The van der Waals surface area contributed by atoms with Gasteiger partial charge in [0.1, 0.15) is 11.4 Å². The molecular weight excluding hydrogens is 244 g/mol. The van der Waals surface area contributed by atoms with Gasteiger partial charge in [-0.1, -0.05) is 6.07 Å². The average molecular weight is 260 g/mol. The Morgan fingerprint density at radius 2 is 2.26 bits per heavy atom. The van der Waals surface area contributed by atoms with E-state index in [9.17, 15) is 9.90 Å². The van der Waals surface area contributed by atoms with Crippen LogP contribution in [0.2, 0.25) is 0 Å². The van der Waals surface area contributed by atoms with Crippen LogP contribution in [0.25, 0.3) is 0 Å². The van der Waals surface area contributed by atoms with Gasteiger partial charge in [-0.3, -0.25) is 9.89 Å². The third kappa shape index (κ3) is 2.37. The number of nitrogens with zero attached hydrogens (tertiary/aromatic N) is 2. The van der Waals surface area contributed by atoms with Crippen molar-refractivity contribution < 1.29 is 9.90 Å². The second-order valence-corrected chi connectivity index (χ2v) is 4.22. The van der Waals surface area contributed by atoms with Gasteiger partial charge in [0.05, 0.1) is 17.6 Å². The molecule has 6 nitrogen and oxygen atoms in total. The topological polar surface area (TPSA) is 95.2 Å². The molecule has 2 aromatic rings. The summed E-state index contributed by atoms with van der Waals surface area (Å²) in [5.74, 6) is -0.157. The molecule has 0 saturated heterocycles. The van der Waals surface area contributed by atoms with Crippen molar-refractivity contribution in [2.75, 3.05) is 17.2 Å². The van der Waals surface area contributed by atoms with Crippen LogP contribution >= 0.6 is 0 Å². The Balaban J connectivity index is 2.43. The molecule has 1 aromatic carbocycles. The van der Waals surface area contributed by atoms with Crippen LogP contribution in [0.1, 0.15) is 23.0 Å². The van der Waals surface area contributed by atoms with Crippen LogP contribution in [0.3, 0.4) is 0 Å². The molecule has 0 fully saturated rings. The summed E-state index contributed by atoms with van der Waals surface area (Å²) < 4.78 is 0. The molecule has 0 bridgehead atoms. The van der Waals surface area contributed by atoms with Crippen molar-refractivity contribution in [3.8, 4) is 5.75 Å². The van der Waals surface area contributed by atoms with Crippen molar-refractivity contribution in [3.63, 3.8) is 0 Å². The fraction of sp³-hybridized carbons (Fsp3) is 0.231. The van der Waals surface area contributed by atoms with Crippen molar-refractivity contribution in [1.82, 2.24) is 10.2 Å². The van der Waals surface area contributed by atoms with E-state index in [4.69, 9.17) is 5.73 Å². The van der Waals surface area contributed by atoms with Crippen LogP contribution < -0.4 is 10.6 Å². The Bertz CT molecular complexity index is 606. The van der Waals surface area contributed by atoms with Gasteiger partial charge in [0.2, 0.25) is 0 Å². The smallest absolute Gasteiger partial charge is 0.278 e. The average Bonchev–Trinajstić information content (AvgIpc) is 2.80. The van der Waals surface area contributed by atoms with Crippen molar-refractivity contribution in [3.05, 3.63) is 35.7 Å². The predicted octanol–water partition coefficient (Wildman–Crippen LogP) is 1.67. The lowest BCUT2D eigenvalue weighted by atomic mass is 10.1. The molecule has 0 aliphatic rings. The predicted molar refractivity (Wildman–Crippen MR) is 73.2 cm³/mol. The van der Waals surface area contributed by atoms with Gasteiger partial charge < -0.3 is 15.7 Å². The number of anilines is 2. The second-order valence-electron chi connectivity index (χ2n) is 4.22. The third-order valence-corrected chi connectivity index (χ3v) is 2.93. The minimum absolute atomic E-state index is 0.115. The molecule has 0 atom stereocenters. The fourth-order valence-electron chi connectivity index (χ4n) is 1.91. The maximum absolute atomic E-state index is 12.4. The molecule has 1 heterocycles. The molecule has 4 N–H and O–H groups in total. The van der Waals surface area contributed by atoms with Crippen molar-refractivity contribution in [1.29, 1.82) is 0 Å². The van der Waals surface area contributed by atoms with Crippen molar-refractivity contribution >= 4 is 17.3 Å². The third-order valence-electron chi connectivity index (χ3n) is 2.93. The summed E-state index contributed by atoms with van der Waals surface area (Å²) in [5, 5.41) is 15.9. The summed E-state index contributed by atoms with van der Waals surface area (Å²) in [6, 6.07) is 4.90. The number of nitrogens with one attached hydrogen (secondary N) is 1. The van der Waals surface area contributed by atoms with Crippen molar-refractivity contribution in [2.45, 2.75) is 13.8 Å². The molecule has 1 amide bonds.